The van der Waals surface area contributed by atoms with Crippen LogP contribution in [0.15, 0.2) is 12.1 Å². The first-order valence-corrected chi connectivity index (χ1v) is 7.48. The fourth-order valence-electron chi connectivity index (χ4n) is 1.89. The van der Waals surface area contributed by atoms with Gasteiger partial charge in [0.15, 0.2) is 0 Å². The Bertz CT molecular complexity index is 634. The van der Waals surface area contributed by atoms with Gasteiger partial charge in [-0.25, -0.2) is 0 Å². The molecule has 23 heavy (non-hydrogen) atoms. The van der Waals surface area contributed by atoms with Crippen LogP contribution in [0.25, 0.3) is 0 Å². The van der Waals surface area contributed by atoms with Crippen molar-refractivity contribution in [3.63, 3.8) is 0 Å². The minimum atomic E-state index is -0.949. The Labute approximate surface area is 137 Å². The summed E-state index contributed by atoms with van der Waals surface area (Å²) in [5.74, 6) is -1.37. The van der Waals surface area contributed by atoms with E-state index < -0.39 is 32.6 Å². The Morgan fingerprint density at radius 2 is 1.83 bits per heavy atom. The first-order valence-electron chi connectivity index (χ1n) is 7.05. The molecule has 1 aromatic carbocycles. The number of nitro benzene ring substituents is 2. The lowest BCUT2D eigenvalue weighted by Gasteiger charge is -2.15. The molecule has 0 heterocycles. The van der Waals surface area contributed by atoms with Crippen molar-refractivity contribution >= 4 is 28.9 Å². The van der Waals surface area contributed by atoms with Crippen LogP contribution in [0.2, 0.25) is 0 Å². The molecular formula is C14H17ClN2O6. The molecule has 0 unspecified atom stereocenters. The smallest absolute Gasteiger partial charge is 0.329 e. The minimum absolute atomic E-state index is 0.238. The van der Waals surface area contributed by atoms with Gasteiger partial charge in [0.05, 0.1) is 15.9 Å². The maximum atomic E-state index is 11.9. The minimum Gasteiger partial charge on any atom is -0.418 e. The quantitative estimate of drug-likeness (QED) is 0.243. The lowest BCUT2D eigenvalue weighted by atomic mass is 9.96. The number of rotatable bonds is 7. The number of nitrogens with zero attached hydrogens (tertiary/aromatic N) is 2. The van der Waals surface area contributed by atoms with E-state index in [4.69, 9.17) is 16.3 Å². The monoisotopic (exact) mass is 344 g/mol. The van der Waals surface area contributed by atoms with Crippen molar-refractivity contribution in [2.75, 3.05) is 0 Å². The number of non-ortho nitro benzene ring substituents is 1. The Balaban J connectivity index is 3.52. The zero-order valence-electron chi connectivity index (χ0n) is 12.9. The maximum absolute atomic E-state index is 11.9. The van der Waals surface area contributed by atoms with Gasteiger partial charge in [-0.1, -0.05) is 20.8 Å². The summed E-state index contributed by atoms with van der Waals surface area (Å²) in [4.78, 5) is 32.6. The Hall–Kier alpha value is -2.22. The van der Waals surface area contributed by atoms with Crippen LogP contribution in [0.4, 0.5) is 11.4 Å². The topological polar surface area (TPSA) is 113 Å². The van der Waals surface area contributed by atoms with Crippen molar-refractivity contribution in [1.29, 1.82) is 0 Å². The SMILES string of the molecule is CC[C@@H](Cl)C(=O)Oc1c([C@H](C)CC)cc([N+](=O)[O-])cc1[N+](=O)[O-]. The number of esters is 1. The molecule has 0 spiro atoms. The van der Waals surface area contributed by atoms with Crippen LogP contribution in [-0.4, -0.2) is 21.2 Å². The van der Waals surface area contributed by atoms with Crippen molar-refractivity contribution in [3.8, 4) is 5.75 Å². The fourth-order valence-corrected chi connectivity index (χ4v) is 1.93. The van der Waals surface area contributed by atoms with Crippen molar-refractivity contribution in [3.05, 3.63) is 37.9 Å². The van der Waals surface area contributed by atoms with Gasteiger partial charge in [-0.2, -0.15) is 0 Å². The summed E-state index contributed by atoms with van der Waals surface area (Å²) in [6, 6.07) is 1.97. The molecule has 0 aliphatic heterocycles. The van der Waals surface area contributed by atoms with Gasteiger partial charge in [0.2, 0.25) is 5.75 Å². The fraction of sp³-hybridized carbons (Fsp3) is 0.500. The van der Waals surface area contributed by atoms with Gasteiger partial charge in [-0.15, -0.1) is 11.6 Å². The van der Waals surface area contributed by atoms with Crippen molar-refractivity contribution in [2.45, 2.75) is 44.9 Å². The molecule has 0 fully saturated rings. The number of hydrogen-bond acceptors (Lipinski definition) is 6. The highest BCUT2D eigenvalue weighted by Crippen LogP contribution is 2.40. The van der Waals surface area contributed by atoms with E-state index in [0.29, 0.717) is 12.8 Å². The van der Waals surface area contributed by atoms with Gasteiger partial charge in [0.25, 0.3) is 5.69 Å². The largest absolute Gasteiger partial charge is 0.418 e. The van der Waals surface area contributed by atoms with E-state index in [1.54, 1.807) is 13.8 Å². The molecule has 2 atom stereocenters. The van der Waals surface area contributed by atoms with E-state index in [1.807, 2.05) is 6.92 Å². The van der Waals surface area contributed by atoms with E-state index in [2.05, 4.69) is 0 Å². The summed E-state index contributed by atoms with van der Waals surface area (Å²) < 4.78 is 5.11. The van der Waals surface area contributed by atoms with E-state index in [-0.39, 0.29) is 17.2 Å². The van der Waals surface area contributed by atoms with Crippen LogP contribution in [0.3, 0.4) is 0 Å². The molecule has 0 aliphatic rings. The van der Waals surface area contributed by atoms with Crippen LogP contribution in [0.1, 0.15) is 45.1 Å². The molecule has 0 N–H and O–H groups in total. The number of benzene rings is 1. The molecule has 0 saturated carbocycles. The second-order valence-corrected chi connectivity index (χ2v) is 5.53. The van der Waals surface area contributed by atoms with Crippen LogP contribution in [-0.2, 0) is 4.79 Å². The van der Waals surface area contributed by atoms with Crippen LogP contribution in [0.5, 0.6) is 5.75 Å². The lowest BCUT2D eigenvalue weighted by Crippen LogP contribution is -2.21. The molecular weight excluding hydrogens is 328 g/mol. The number of carbonyl (C=O) groups is 1. The summed E-state index contributed by atoms with van der Waals surface area (Å²) in [6.45, 7) is 5.22. The van der Waals surface area contributed by atoms with Crippen LogP contribution in [0, 0.1) is 20.2 Å². The zero-order valence-corrected chi connectivity index (χ0v) is 13.7. The molecule has 1 rings (SSSR count). The number of alkyl halides is 1. The van der Waals surface area contributed by atoms with Crippen molar-refractivity contribution in [1.82, 2.24) is 0 Å². The molecule has 9 heteroatoms. The van der Waals surface area contributed by atoms with Crippen LogP contribution < -0.4 is 4.74 Å². The number of nitro groups is 2. The first kappa shape index (κ1) is 18.8. The third-order valence-corrected chi connectivity index (χ3v) is 3.94. The number of hydrogen-bond donors (Lipinski definition) is 0. The van der Waals surface area contributed by atoms with E-state index in [0.717, 1.165) is 6.07 Å². The summed E-state index contributed by atoms with van der Waals surface area (Å²) in [6.07, 6.45) is 0.848. The number of halogens is 1. The Kier molecular flexibility index (Phi) is 6.44. The Morgan fingerprint density at radius 3 is 2.26 bits per heavy atom. The summed E-state index contributed by atoms with van der Waals surface area (Å²) >= 11 is 5.79. The standard InChI is InChI=1S/C14H17ClN2O6/c1-4-8(3)10-6-9(16(19)20)7-12(17(21)22)13(10)23-14(18)11(15)5-2/h6-8,11H,4-5H2,1-3H3/t8-,11-/m1/s1. The predicted octanol–water partition coefficient (Wildman–Crippen LogP) is 3.94. The molecule has 1 aromatic rings. The van der Waals surface area contributed by atoms with Gasteiger partial charge in [0.1, 0.15) is 5.38 Å². The van der Waals surface area contributed by atoms with E-state index in [1.165, 1.54) is 6.07 Å². The van der Waals surface area contributed by atoms with Crippen molar-refractivity contribution in [2.24, 2.45) is 0 Å². The zero-order chi connectivity index (χ0) is 17.7. The van der Waals surface area contributed by atoms with Crippen molar-refractivity contribution < 1.29 is 19.4 Å². The third-order valence-electron chi connectivity index (χ3n) is 3.45. The summed E-state index contributed by atoms with van der Waals surface area (Å²) in [5.41, 5.74) is -0.811. The number of carbonyl (C=O) groups excluding carboxylic acids is 1. The second-order valence-electron chi connectivity index (χ2n) is 5.00. The van der Waals surface area contributed by atoms with E-state index >= 15 is 0 Å². The molecule has 0 radical (unpaired) electrons. The molecule has 0 aliphatic carbocycles. The van der Waals surface area contributed by atoms with Gasteiger partial charge >= 0.3 is 11.7 Å². The molecule has 126 valence electrons. The lowest BCUT2D eigenvalue weighted by molar-refractivity contribution is -0.394. The molecule has 0 saturated heterocycles. The van der Waals surface area contributed by atoms with Gasteiger partial charge < -0.3 is 4.74 Å². The second kappa shape index (κ2) is 7.87. The average molecular weight is 345 g/mol. The summed E-state index contributed by atoms with van der Waals surface area (Å²) in [5, 5.41) is 21.3. The van der Waals surface area contributed by atoms with E-state index in [9.17, 15) is 25.0 Å². The number of ether oxygens (including phenoxy) is 1. The molecule has 0 bridgehead atoms. The third kappa shape index (κ3) is 4.38. The maximum Gasteiger partial charge on any atom is 0.329 e. The Morgan fingerprint density at radius 1 is 1.22 bits per heavy atom. The highest BCUT2D eigenvalue weighted by atomic mass is 35.5. The average Bonchev–Trinajstić information content (AvgIpc) is 2.52. The van der Waals surface area contributed by atoms with Gasteiger partial charge in [-0.05, 0) is 18.8 Å². The summed E-state index contributed by atoms with van der Waals surface area (Å²) in [7, 11) is 0. The van der Waals surface area contributed by atoms with Crippen LogP contribution >= 0.6 is 11.6 Å². The highest BCUT2D eigenvalue weighted by molar-refractivity contribution is 6.30. The molecule has 8 nitrogen and oxygen atoms in total. The van der Waals surface area contributed by atoms with Gasteiger partial charge in [-0.3, -0.25) is 25.0 Å². The first-order chi connectivity index (χ1) is 10.7. The van der Waals surface area contributed by atoms with Gasteiger partial charge in [0, 0.05) is 11.6 Å². The predicted molar refractivity (Wildman–Crippen MR) is 84.0 cm³/mol. The normalized spacial score (nSPS) is 13.2. The highest BCUT2D eigenvalue weighted by Gasteiger charge is 2.30. The molecule has 0 aromatic heterocycles. The molecule has 0 amide bonds.